The largest absolute Gasteiger partial charge is 0.494 e. The number of hydrogen-bond acceptors (Lipinski definition) is 7. The molecule has 10 nitrogen and oxygen atoms in total. The van der Waals surface area contributed by atoms with E-state index in [1.807, 2.05) is 25.6 Å². The van der Waals surface area contributed by atoms with Crippen LogP contribution >= 0.6 is 0 Å². The Labute approximate surface area is 230 Å². The Morgan fingerprint density at radius 2 is 1.72 bits per heavy atom. The molecule has 2 heterocycles. The standard InChI is InChI=1S/C27H41N3O3.C2H2O4/c1-3-5-6-7-8-9-10-19-33-24-11-12-26-25(20-24)23(13-16-29-18-15-28-22-29)21-30(26)17-14-27(31)32-4-2;3-1(4)2(5)6/h11-12,15,18,20,22-23H,3-10,13-14,16-17,19,21H2,1-2H3;(H,3,4)(H,5,6). The van der Waals surface area contributed by atoms with Crippen LogP contribution in [-0.2, 0) is 25.7 Å². The molecular weight excluding hydrogens is 502 g/mol. The van der Waals surface area contributed by atoms with E-state index in [4.69, 9.17) is 29.3 Å². The maximum Gasteiger partial charge on any atom is 0.414 e. The number of nitrogens with zero attached hydrogens (tertiary/aromatic N) is 3. The fourth-order valence-electron chi connectivity index (χ4n) is 4.59. The first-order valence-corrected chi connectivity index (χ1v) is 13.9. The summed E-state index contributed by atoms with van der Waals surface area (Å²) in [7, 11) is 0. The fraction of sp³-hybridized carbons (Fsp3) is 0.586. The summed E-state index contributed by atoms with van der Waals surface area (Å²) >= 11 is 0. The van der Waals surface area contributed by atoms with E-state index in [1.54, 1.807) is 0 Å². The van der Waals surface area contributed by atoms with Crippen LogP contribution in [0.2, 0.25) is 0 Å². The van der Waals surface area contributed by atoms with E-state index in [2.05, 4.69) is 39.6 Å². The number of ether oxygens (including phenoxy) is 2. The van der Waals surface area contributed by atoms with Gasteiger partial charge in [0.05, 0.1) is 26.0 Å². The summed E-state index contributed by atoms with van der Waals surface area (Å²) in [6.07, 6.45) is 16.1. The van der Waals surface area contributed by atoms with Crippen LogP contribution in [0.1, 0.15) is 83.1 Å². The Balaban J connectivity index is 0.000000798. The number of rotatable bonds is 16. The zero-order valence-corrected chi connectivity index (χ0v) is 23.2. The van der Waals surface area contributed by atoms with Crippen LogP contribution in [0.4, 0.5) is 5.69 Å². The van der Waals surface area contributed by atoms with Gasteiger partial charge < -0.3 is 29.2 Å². The number of aromatic nitrogens is 2. The molecule has 216 valence electrons. The molecule has 1 aliphatic heterocycles. The number of benzene rings is 1. The number of aryl methyl sites for hydroxylation is 1. The minimum atomic E-state index is -1.82. The zero-order valence-electron chi connectivity index (χ0n) is 23.2. The number of esters is 1. The van der Waals surface area contributed by atoms with Crippen molar-refractivity contribution in [2.45, 2.75) is 84.1 Å². The molecule has 10 heteroatoms. The van der Waals surface area contributed by atoms with Gasteiger partial charge in [-0.25, -0.2) is 14.6 Å². The third kappa shape index (κ3) is 11.8. The molecule has 0 saturated heterocycles. The maximum atomic E-state index is 11.9. The van der Waals surface area contributed by atoms with Gasteiger partial charge in [-0.15, -0.1) is 0 Å². The average molecular weight is 546 g/mol. The molecule has 2 N–H and O–H groups in total. The molecule has 39 heavy (non-hydrogen) atoms. The Kier molecular flexibility index (Phi) is 14.5. The number of carbonyl (C=O) groups is 3. The molecule has 3 rings (SSSR count). The first-order chi connectivity index (χ1) is 18.8. The fourth-order valence-corrected chi connectivity index (χ4v) is 4.59. The van der Waals surface area contributed by atoms with Crippen LogP contribution in [0.5, 0.6) is 5.75 Å². The number of carboxylic acids is 2. The van der Waals surface area contributed by atoms with Crippen molar-refractivity contribution in [3.05, 3.63) is 42.5 Å². The molecule has 0 amide bonds. The van der Waals surface area contributed by atoms with Gasteiger partial charge in [-0.3, -0.25) is 4.79 Å². The Morgan fingerprint density at radius 1 is 1.00 bits per heavy atom. The minimum absolute atomic E-state index is 0.129. The van der Waals surface area contributed by atoms with Crippen molar-refractivity contribution in [3.8, 4) is 5.75 Å². The predicted octanol–water partition coefficient (Wildman–Crippen LogP) is 5.12. The topological polar surface area (TPSA) is 131 Å². The Morgan fingerprint density at radius 3 is 2.36 bits per heavy atom. The number of aliphatic carboxylic acids is 2. The van der Waals surface area contributed by atoms with Crippen molar-refractivity contribution in [1.82, 2.24) is 9.55 Å². The molecule has 1 aliphatic rings. The second-order valence-electron chi connectivity index (χ2n) is 9.59. The van der Waals surface area contributed by atoms with Crippen molar-refractivity contribution in [3.63, 3.8) is 0 Å². The molecule has 0 aliphatic carbocycles. The number of anilines is 1. The monoisotopic (exact) mass is 545 g/mol. The number of carboxylic acid groups (broad SMARTS) is 2. The zero-order chi connectivity index (χ0) is 28.5. The summed E-state index contributed by atoms with van der Waals surface area (Å²) in [5, 5.41) is 14.8. The van der Waals surface area contributed by atoms with E-state index >= 15 is 0 Å². The SMILES string of the molecule is CCCCCCCCCOc1ccc2c(c1)C(CCn1ccnc1)CN2CCC(=O)OCC.O=C(O)C(=O)O. The first kappa shape index (κ1) is 31.7. The molecule has 0 spiro atoms. The van der Waals surface area contributed by atoms with E-state index in [1.165, 1.54) is 49.8 Å². The third-order valence-corrected chi connectivity index (χ3v) is 6.61. The minimum Gasteiger partial charge on any atom is -0.494 e. The summed E-state index contributed by atoms with van der Waals surface area (Å²) in [4.78, 5) is 36.6. The molecule has 1 atom stereocenters. The molecule has 2 aromatic rings. The number of carbonyl (C=O) groups excluding carboxylic acids is 1. The van der Waals surface area contributed by atoms with Crippen molar-refractivity contribution < 1.29 is 34.1 Å². The van der Waals surface area contributed by atoms with Crippen molar-refractivity contribution in [2.24, 2.45) is 0 Å². The van der Waals surface area contributed by atoms with E-state index in [0.29, 0.717) is 25.5 Å². The van der Waals surface area contributed by atoms with Gasteiger partial charge in [0.15, 0.2) is 0 Å². The molecule has 0 radical (unpaired) electrons. The molecule has 1 aromatic heterocycles. The molecule has 1 unspecified atom stereocenters. The lowest BCUT2D eigenvalue weighted by Crippen LogP contribution is -2.25. The van der Waals surface area contributed by atoms with Crippen molar-refractivity contribution >= 4 is 23.6 Å². The van der Waals surface area contributed by atoms with Crippen LogP contribution in [0.15, 0.2) is 36.9 Å². The molecule has 0 bridgehead atoms. The van der Waals surface area contributed by atoms with Gasteiger partial charge in [-0.2, -0.15) is 0 Å². The van der Waals surface area contributed by atoms with E-state index < -0.39 is 11.9 Å². The number of hydrogen-bond donors (Lipinski definition) is 2. The summed E-state index contributed by atoms with van der Waals surface area (Å²) in [6, 6.07) is 6.47. The van der Waals surface area contributed by atoms with Crippen molar-refractivity contribution in [2.75, 3.05) is 31.2 Å². The van der Waals surface area contributed by atoms with Gasteiger partial charge in [0, 0.05) is 43.6 Å². The van der Waals surface area contributed by atoms with Gasteiger partial charge in [0.25, 0.3) is 0 Å². The van der Waals surface area contributed by atoms with E-state index in [-0.39, 0.29) is 5.97 Å². The molecular formula is C29H43N3O7. The van der Waals surface area contributed by atoms with Gasteiger partial charge in [0.2, 0.25) is 0 Å². The quantitative estimate of drug-likeness (QED) is 0.168. The second kappa shape index (κ2) is 17.9. The first-order valence-electron chi connectivity index (χ1n) is 13.9. The van der Waals surface area contributed by atoms with Crippen LogP contribution in [0, 0.1) is 0 Å². The predicted molar refractivity (Wildman–Crippen MR) is 148 cm³/mol. The lowest BCUT2D eigenvalue weighted by atomic mass is 9.97. The maximum absolute atomic E-state index is 11.9. The highest BCUT2D eigenvalue weighted by molar-refractivity contribution is 6.27. The number of fused-ring (bicyclic) bond motifs is 1. The van der Waals surface area contributed by atoms with Crippen LogP contribution in [0.25, 0.3) is 0 Å². The Bertz CT molecular complexity index is 998. The average Bonchev–Trinajstić information content (AvgIpc) is 3.56. The molecule has 1 aromatic carbocycles. The van der Waals surface area contributed by atoms with E-state index in [0.717, 1.165) is 38.3 Å². The van der Waals surface area contributed by atoms with E-state index in [9.17, 15) is 4.79 Å². The summed E-state index contributed by atoms with van der Waals surface area (Å²) < 4.78 is 13.4. The molecule has 0 saturated carbocycles. The van der Waals surface area contributed by atoms with Crippen LogP contribution in [0.3, 0.4) is 0 Å². The smallest absolute Gasteiger partial charge is 0.414 e. The normalized spacial score (nSPS) is 13.8. The highest BCUT2D eigenvalue weighted by Gasteiger charge is 2.29. The van der Waals surface area contributed by atoms with Gasteiger partial charge >= 0.3 is 17.9 Å². The van der Waals surface area contributed by atoms with Crippen LogP contribution < -0.4 is 9.64 Å². The summed E-state index contributed by atoms with van der Waals surface area (Å²) in [5.41, 5.74) is 2.55. The van der Waals surface area contributed by atoms with Gasteiger partial charge in [0.1, 0.15) is 5.75 Å². The third-order valence-electron chi connectivity index (χ3n) is 6.61. The lowest BCUT2D eigenvalue weighted by molar-refractivity contribution is -0.159. The summed E-state index contributed by atoms with van der Waals surface area (Å²) in [5.74, 6) is -2.41. The lowest BCUT2D eigenvalue weighted by Gasteiger charge is -2.19. The highest BCUT2D eigenvalue weighted by atomic mass is 16.5. The second-order valence-corrected chi connectivity index (χ2v) is 9.59. The van der Waals surface area contributed by atoms with Crippen LogP contribution in [-0.4, -0.2) is 64.0 Å². The summed E-state index contributed by atoms with van der Waals surface area (Å²) in [6.45, 7) is 7.85. The van der Waals surface area contributed by atoms with Gasteiger partial charge in [-0.1, -0.05) is 45.4 Å². The highest BCUT2D eigenvalue weighted by Crippen LogP contribution is 2.40. The number of imidazole rings is 1. The Hall–Kier alpha value is -3.56. The van der Waals surface area contributed by atoms with Crippen molar-refractivity contribution in [1.29, 1.82) is 0 Å². The number of unbranched alkanes of at least 4 members (excludes halogenated alkanes) is 6. The van der Waals surface area contributed by atoms with Gasteiger partial charge in [-0.05, 0) is 43.5 Å². The molecule has 0 fully saturated rings.